The number of nitrogens with zero attached hydrogens (tertiary/aromatic N) is 1. The fourth-order valence-electron chi connectivity index (χ4n) is 5.14. The van der Waals surface area contributed by atoms with Gasteiger partial charge < -0.3 is 10.2 Å². The van der Waals surface area contributed by atoms with Gasteiger partial charge in [0.1, 0.15) is 0 Å². The van der Waals surface area contributed by atoms with Gasteiger partial charge in [-0.1, -0.05) is 40.0 Å². The third kappa shape index (κ3) is 3.78. The molecule has 3 rings (SSSR count). The van der Waals surface area contributed by atoms with Crippen LogP contribution in [0, 0.1) is 23.7 Å². The van der Waals surface area contributed by atoms with Gasteiger partial charge in [0.05, 0.1) is 5.92 Å². The summed E-state index contributed by atoms with van der Waals surface area (Å²) < 4.78 is 0. The number of likely N-dealkylation sites (tertiary alicyclic amines) is 1. The van der Waals surface area contributed by atoms with Gasteiger partial charge in [0, 0.05) is 25.0 Å². The summed E-state index contributed by atoms with van der Waals surface area (Å²) in [6.07, 6.45) is 8.67. The molecule has 1 heterocycles. The Morgan fingerprint density at radius 3 is 2.54 bits per heavy atom. The van der Waals surface area contributed by atoms with Gasteiger partial charge in [0.25, 0.3) is 0 Å². The monoisotopic (exact) mass is 334 g/mol. The predicted molar refractivity (Wildman–Crippen MR) is 95.3 cm³/mol. The molecule has 0 aromatic carbocycles. The Kier molecular flexibility index (Phi) is 5.51. The predicted octanol–water partition coefficient (Wildman–Crippen LogP) is 3.35. The lowest BCUT2D eigenvalue weighted by atomic mass is 9.74. The lowest BCUT2D eigenvalue weighted by Gasteiger charge is -2.38. The molecule has 0 radical (unpaired) electrons. The van der Waals surface area contributed by atoms with E-state index in [1.54, 1.807) is 0 Å². The Morgan fingerprint density at radius 2 is 1.88 bits per heavy atom. The zero-order valence-corrected chi connectivity index (χ0v) is 15.6. The smallest absolute Gasteiger partial charge is 0.225 e. The van der Waals surface area contributed by atoms with Crippen LogP contribution in [0.1, 0.15) is 72.1 Å². The van der Waals surface area contributed by atoms with E-state index in [0.717, 1.165) is 19.3 Å². The van der Waals surface area contributed by atoms with Crippen molar-refractivity contribution in [3.8, 4) is 0 Å². The van der Waals surface area contributed by atoms with E-state index >= 15 is 0 Å². The Labute approximate surface area is 146 Å². The molecule has 4 nitrogen and oxygen atoms in total. The maximum Gasteiger partial charge on any atom is 0.225 e. The van der Waals surface area contributed by atoms with Crippen molar-refractivity contribution in [1.82, 2.24) is 10.2 Å². The summed E-state index contributed by atoms with van der Waals surface area (Å²) in [5, 5.41) is 3.34. The van der Waals surface area contributed by atoms with Gasteiger partial charge in [-0.05, 0) is 43.4 Å². The van der Waals surface area contributed by atoms with E-state index < -0.39 is 0 Å². The number of amides is 2. The Bertz CT molecular complexity index is 470. The van der Waals surface area contributed by atoms with Crippen molar-refractivity contribution in [2.75, 3.05) is 6.54 Å². The molecule has 3 fully saturated rings. The summed E-state index contributed by atoms with van der Waals surface area (Å²) in [6, 6.07) is 0.685. The van der Waals surface area contributed by atoms with Crippen LogP contribution >= 0.6 is 0 Å². The molecule has 0 aromatic rings. The van der Waals surface area contributed by atoms with Crippen molar-refractivity contribution in [1.29, 1.82) is 0 Å². The second-order valence-electron chi connectivity index (χ2n) is 8.83. The topological polar surface area (TPSA) is 49.4 Å². The van der Waals surface area contributed by atoms with Crippen molar-refractivity contribution in [3.05, 3.63) is 0 Å². The van der Waals surface area contributed by atoms with E-state index in [1.165, 1.54) is 25.7 Å². The average molecular weight is 335 g/mol. The highest BCUT2D eigenvalue weighted by Crippen LogP contribution is 2.34. The molecule has 0 spiro atoms. The van der Waals surface area contributed by atoms with E-state index in [2.05, 4.69) is 26.1 Å². The van der Waals surface area contributed by atoms with Crippen LogP contribution in [-0.2, 0) is 9.59 Å². The Morgan fingerprint density at radius 1 is 1.17 bits per heavy atom. The average Bonchev–Trinajstić information content (AvgIpc) is 3.16. The van der Waals surface area contributed by atoms with Crippen LogP contribution in [0.5, 0.6) is 0 Å². The molecule has 1 aliphatic heterocycles. The number of nitrogens with one attached hydrogen (secondary N) is 1. The minimum atomic E-state index is -0.136. The second kappa shape index (κ2) is 7.45. The van der Waals surface area contributed by atoms with E-state index in [1.807, 2.05) is 4.90 Å². The van der Waals surface area contributed by atoms with Crippen molar-refractivity contribution in [3.63, 3.8) is 0 Å². The fourth-order valence-corrected chi connectivity index (χ4v) is 5.14. The first-order valence-corrected chi connectivity index (χ1v) is 10.1. The minimum Gasteiger partial charge on any atom is -0.353 e. The number of rotatable bonds is 4. The quantitative estimate of drug-likeness (QED) is 0.857. The lowest BCUT2D eigenvalue weighted by molar-refractivity contribution is -0.130. The van der Waals surface area contributed by atoms with Gasteiger partial charge in [0.2, 0.25) is 11.8 Å². The molecule has 2 amide bonds. The highest BCUT2D eigenvalue weighted by Gasteiger charge is 2.40. The lowest BCUT2D eigenvalue weighted by Crippen LogP contribution is -2.48. The maximum atomic E-state index is 12.8. The van der Waals surface area contributed by atoms with Crippen LogP contribution < -0.4 is 5.32 Å². The number of carbonyl (C=O) groups is 2. The summed E-state index contributed by atoms with van der Waals surface area (Å²) in [4.78, 5) is 27.1. The normalized spacial score (nSPS) is 35.0. The van der Waals surface area contributed by atoms with Gasteiger partial charge in [-0.25, -0.2) is 0 Å². The van der Waals surface area contributed by atoms with Gasteiger partial charge in [0.15, 0.2) is 0 Å². The molecule has 24 heavy (non-hydrogen) atoms. The van der Waals surface area contributed by atoms with Gasteiger partial charge in [-0.2, -0.15) is 0 Å². The molecule has 4 atom stereocenters. The Hall–Kier alpha value is -1.06. The first kappa shape index (κ1) is 17.8. The molecule has 2 aliphatic carbocycles. The third-order valence-electron chi connectivity index (χ3n) is 6.64. The van der Waals surface area contributed by atoms with E-state index in [-0.39, 0.29) is 23.8 Å². The summed E-state index contributed by atoms with van der Waals surface area (Å²) in [6.45, 7) is 7.46. The highest BCUT2D eigenvalue weighted by atomic mass is 16.2. The first-order chi connectivity index (χ1) is 11.5. The molecule has 1 saturated heterocycles. The van der Waals surface area contributed by atoms with E-state index in [4.69, 9.17) is 0 Å². The zero-order valence-electron chi connectivity index (χ0n) is 15.6. The molecule has 136 valence electrons. The summed E-state index contributed by atoms with van der Waals surface area (Å²) >= 11 is 0. The van der Waals surface area contributed by atoms with Crippen LogP contribution in [-0.4, -0.2) is 35.3 Å². The molecule has 3 aliphatic rings. The molecule has 4 heteroatoms. The van der Waals surface area contributed by atoms with Crippen molar-refractivity contribution in [2.24, 2.45) is 23.7 Å². The Balaban J connectivity index is 1.58. The summed E-state index contributed by atoms with van der Waals surface area (Å²) in [5.74, 6) is 2.04. The van der Waals surface area contributed by atoms with Crippen LogP contribution in [0.3, 0.4) is 0 Å². The maximum absolute atomic E-state index is 12.8. The third-order valence-corrected chi connectivity index (χ3v) is 6.64. The van der Waals surface area contributed by atoms with Gasteiger partial charge in [-0.3, -0.25) is 9.59 Å². The molecule has 1 N–H and O–H groups in total. The molecular weight excluding hydrogens is 300 g/mol. The zero-order chi connectivity index (χ0) is 17.3. The van der Waals surface area contributed by atoms with Crippen molar-refractivity contribution in [2.45, 2.75) is 84.2 Å². The molecule has 0 unspecified atom stereocenters. The van der Waals surface area contributed by atoms with Crippen LogP contribution in [0.25, 0.3) is 0 Å². The fraction of sp³-hybridized carbons (Fsp3) is 0.900. The SMILES string of the molecule is CC(C)[C@H]1CC[C@@H](C)C[C@H]1NC(=O)[C@@H]1CC(=O)N(C2CCCC2)C1. The van der Waals surface area contributed by atoms with Crippen molar-refractivity contribution < 1.29 is 9.59 Å². The number of hydrogen-bond donors (Lipinski definition) is 1. The van der Waals surface area contributed by atoms with E-state index in [9.17, 15) is 9.59 Å². The van der Waals surface area contributed by atoms with Crippen LogP contribution in [0.2, 0.25) is 0 Å². The number of hydrogen-bond acceptors (Lipinski definition) is 2. The molecular formula is C20H34N2O2. The molecule has 0 bridgehead atoms. The van der Waals surface area contributed by atoms with Gasteiger partial charge in [-0.15, -0.1) is 0 Å². The largest absolute Gasteiger partial charge is 0.353 e. The minimum absolute atomic E-state index is 0.119. The van der Waals surface area contributed by atoms with Crippen molar-refractivity contribution >= 4 is 11.8 Å². The molecule has 0 aromatic heterocycles. The highest BCUT2D eigenvalue weighted by molar-refractivity contribution is 5.89. The first-order valence-electron chi connectivity index (χ1n) is 10.1. The summed E-state index contributed by atoms with van der Waals surface area (Å²) in [7, 11) is 0. The second-order valence-corrected chi connectivity index (χ2v) is 8.83. The molecule has 2 saturated carbocycles. The number of carbonyl (C=O) groups excluding carboxylic acids is 2. The standard InChI is InChI=1S/C20H34N2O2/c1-13(2)17-9-8-14(3)10-18(17)21-20(24)15-11-19(23)22(12-15)16-6-4-5-7-16/h13-18H,4-12H2,1-3H3,(H,21,24)/t14-,15-,17-,18-/m1/s1. The van der Waals surface area contributed by atoms with Crippen LogP contribution in [0.15, 0.2) is 0 Å². The van der Waals surface area contributed by atoms with Crippen LogP contribution in [0.4, 0.5) is 0 Å². The van der Waals surface area contributed by atoms with Gasteiger partial charge >= 0.3 is 0 Å². The van der Waals surface area contributed by atoms with E-state index in [0.29, 0.717) is 36.8 Å². The summed E-state index contributed by atoms with van der Waals surface area (Å²) in [5.41, 5.74) is 0.